The maximum absolute atomic E-state index is 6.00. The molecule has 0 aromatic heterocycles. The first kappa shape index (κ1) is 23.3. The van der Waals surface area contributed by atoms with Crippen LogP contribution in [0.15, 0.2) is 29.3 Å². The fourth-order valence-electron chi connectivity index (χ4n) is 3.76. The molecule has 3 rings (SSSR count). The van der Waals surface area contributed by atoms with Crippen LogP contribution in [0.25, 0.3) is 0 Å². The molecule has 1 saturated heterocycles. The van der Waals surface area contributed by atoms with E-state index in [4.69, 9.17) is 9.73 Å². The summed E-state index contributed by atoms with van der Waals surface area (Å²) in [5.41, 5.74) is 1.26. The average Bonchev–Trinajstić information content (AvgIpc) is 3.51. The van der Waals surface area contributed by atoms with Crippen molar-refractivity contribution in [1.29, 1.82) is 0 Å². The summed E-state index contributed by atoms with van der Waals surface area (Å²) in [6.07, 6.45) is 5.22. The van der Waals surface area contributed by atoms with Gasteiger partial charge in [0.25, 0.3) is 0 Å². The molecular formula is C22H37IN4O. The van der Waals surface area contributed by atoms with Gasteiger partial charge in [0.1, 0.15) is 12.4 Å². The highest BCUT2D eigenvalue weighted by atomic mass is 127. The van der Waals surface area contributed by atoms with Gasteiger partial charge in [0.15, 0.2) is 5.96 Å². The third kappa shape index (κ3) is 7.10. The predicted molar refractivity (Wildman–Crippen MR) is 128 cm³/mol. The molecule has 5 nitrogen and oxygen atoms in total. The summed E-state index contributed by atoms with van der Waals surface area (Å²) in [6, 6.07) is 9.71. The van der Waals surface area contributed by atoms with E-state index in [9.17, 15) is 0 Å². The molecule has 0 unspecified atom stereocenters. The predicted octanol–water partition coefficient (Wildman–Crippen LogP) is 3.99. The molecule has 0 amide bonds. The fourth-order valence-corrected chi connectivity index (χ4v) is 3.76. The van der Waals surface area contributed by atoms with E-state index < -0.39 is 0 Å². The first-order chi connectivity index (χ1) is 13.2. The van der Waals surface area contributed by atoms with Crippen LogP contribution in [0.3, 0.4) is 0 Å². The van der Waals surface area contributed by atoms with Crippen molar-refractivity contribution in [3.8, 4) is 5.75 Å². The van der Waals surface area contributed by atoms with Crippen LogP contribution in [-0.2, 0) is 0 Å². The number of hydrogen-bond donors (Lipinski definition) is 2. The van der Waals surface area contributed by atoms with Crippen LogP contribution in [0.5, 0.6) is 5.75 Å². The van der Waals surface area contributed by atoms with Crippen molar-refractivity contribution in [1.82, 2.24) is 15.5 Å². The summed E-state index contributed by atoms with van der Waals surface area (Å²) in [4.78, 5) is 7.37. The third-order valence-corrected chi connectivity index (χ3v) is 5.44. The normalized spacial score (nSPS) is 18.6. The Morgan fingerprint density at radius 1 is 1.18 bits per heavy atom. The van der Waals surface area contributed by atoms with E-state index in [1.807, 2.05) is 6.07 Å². The molecule has 2 aliphatic rings. The minimum atomic E-state index is 0. The Hall–Kier alpha value is -1.02. The largest absolute Gasteiger partial charge is 0.491 e. The maximum atomic E-state index is 6.00. The van der Waals surface area contributed by atoms with Gasteiger partial charge in [0.2, 0.25) is 0 Å². The molecule has 0 radical (unpaired) electrons. The first-order valence-electron chi connectivity index (χ1n) is 10.7. The smallest absolute Gasteiger partial charge is 0.191 e. The second kappa shape index (κ2) is 11.9. The van der Waals surface area contributed by atoms with Gasteiger partial charge in [-0.15, -0.1) is 24.0 Å². The Morgan fingerprint density at radius 2 is 1.89 bits per heavy atom. The van der Waals surface area contributed by atoms with Crippen molar-refractivity contribution >= 4 is 29.9 Å². The Bertz CT molecular complexity index is 610. The van der Waals surface area contributed by atoms with Crippen LogP contribution in [-0.4, -0.2) is 55.7 Å². The van der Waals surface area contributed by atoms with Crippen molar-refractivity contribution in [2.45, 2.75) is 64.5 Å². The van der Waals surface area contributed by atoms with Crippen molar-refractivity contribution in [2.24, 2.45) is 4.99 Å². The van der Waals surface area contributed by atoms with Crippen LogP contribution >= 0.6 is 24.0 Å². The summed E-state index contributed by atoms with van der Waals surface area (Å²) >= 11 is 0. The van der Waals surface area contributed by atoms with Crippen molar-refractivity contribution < 1.29 is 4.74 Å². The van der Waals surface area contributed by atoms with Gasteiger partial charge in [-0.25, -0.2) is 4.99 Å². The summed E-state index contributed by atoms with van der Waals surface area (Å²) in [6.45, 7) is 11.1. The Labute approximate surface area is 187 Å². The number of hydrogen-bond acceptors (Lipinski definition) is 3. The maximum Gasteiger partial charge on any atom is 0.191 e. The first-order valence-corrected chi connectivity index (χ1v) is 10.7. The van der Waals surface area contributed by atoms with Gasteiger partial charge in [-0.1, -0.05) is 32.0 Å². The molecule has 0 atom stereocenters. The van der Waals surface area contributed by atoms with E-state index in [0.29, 0.717) is 25.1 Å². The second-order valence-electron chi connectivity index (χ2n) is 7.99. The zero-order chi connectivity index (χ0) is 19.1. The number of guanidine groups is 1. The highest BCUT2D eigenvalue weighted by Gasteiger charge is 2.31. The summed E-state index contributed by atoms with van der Waals surface area (Å²) in [7, 11) is 0. The van der Waals surface area contributed by atoms with Gasteiger partial charge in [0.05, 0.1) is 6.54 Å². The van der Waals surface area contributed by atoms with Gasteiger partial charge in [0, 0.05) is 31.7 Å². The second-order valence-corrected chi connectivity index (χ2v) is 7.99. The summed E-state index contributed by atoms with van der Waals surface area (Å²) in [5.74, 6) is 2.36. The molecule has 158 valence electrons. The molecule has 1 aromatic rings. The summed E-state index contributed by atoms with van der Waals surface area (Å²) < 4.78 is 6.00. The highest BCUT2D eigenvalue weighted by molar-refractivity contribution is 14.0. The fraction of sp³-hybridized carbons (Fsp3) is 0.682. The average molecular weight is 500 g/mol. The van der Waals surface area contributed by atoms with E-state index in [0.717, 1.165) is 24.3 Å². The van der Waals surface area contributed by atoms with Crippen molar-refractivity contribution in [3.05, 3.63) is 29.8 Å². The number of aliphatic imine (C=N–C) groups is 1. The number of halogens is 1. The van der Waals surface area contributed by atoms with E-state index in [1.165, 1.54) is 44.3 Å². The monoisotopic (exact) mass is 500 g/mol. The molecule has 0 spiro atoms. The van der Waals surface area contributed by atoms with Crippen LogP contribution in [0.4, 0.5) is 0 Å². The minimum Gasteiger partial charge on any atom is -0.491 e. The molecule has 1 aliphatic carbocycles. The van der Waals surface area contributed by atoms with Crippen LogP contribution in [0.2, 0.25) is 0 Å². The molecule has 0 bridgehead atoms. The molecule has 1 saturated carbocycles. The van der Waals surface area contributed by atoms with Crippen molar-refractivity contribution in [3.63, 3.8) is 0 Å². The third-order valence-electron chi connectivity index (χ3n) is 5.44. The zero-order valence-electron chi connectivity index (χ0n) is 17.6. The minimum absolute atomic E-state index is 0. The lowest BCUT2D eigenvalue weighted by molar-refractivity contribution is 0.197. The number of ether oxygens (including phenoxy) is 1. The Kier molecular flexibility index (Phi) is 9.85. The number of benzene rings is 1. The number of piperidine rings is 1. The Morgan fingerprint density at radius 3 is 2.54 bits per heavy atom. The molecule has 1 aromatic carbocycles. The quantitative estimate of drug-likeness (QED) is 0.245. The molecule has 6 heteroatoms. The Balaban J connectivity index is 0.00000280. The molecule has 1 aliphatic heterocycles. The molecule has 2 fully saturated rings. The van der Waals surface area contributed by atoms with E-state index >= 15 is 0 Å². The summed E-state index contributed by atoms with van der Waals surface area (Å²) in [5, 5.41) is 7.00. The number of para-hydroxylation sites is 1. The van der Waals surface area contributed by atoms with E-state index in [2.05, 4.69) is 54.5 Å². The van der Waals surface area contributed by atoms with Gasteiger partial charge in [-0.05, 0) is 50.2 Å². The van der Waals surface area contributed by atoms with Crippen LogP contribution < -0.4 is 15.4 Å². The van der Waals surface area contributed by atoms with Gasteiger partial charge < -0.3 is 20.3 Å². The van der Waals surface area contributed by atoms with Gasteiger partial charge in [-0.2, -0.15) is 0 Å². The number of likely N-dealkylation sites (tertiary alicyclic amines) is 1. The van der Waals surface area contributed by atoms with Gasteiger partial charge in [-0.3, -0.25) is 0 Å². The molecule has 2 N–H and O–H groups in total. The standard InChI is InChI=1S/C22H36N4O.HI/c1-4-23-22(25-18-11-14-26(15-12-18)19-9-10-19)24-13-16-27-21-8-6-5-7-20(21)17(2)3;/h5-8,17-19H,4,9-16H2,1-3H3,(H2,23,24,25);1H. The van der Waals surface area contributed by atoms with Crippen LogP contribution in [0.1, 0.15) is 57.9 Å². The number of nitrogens with zero attached hydrogens (tertiary/aromatic N) is 2. The van der Waals surface area contributed by atoms with E-state index in [1.54, 1.807) is 0 Å². The SMILES string of the molecule is CCNC(=NCCOc1ccccc1C(C)C)NC1CCN(C2CC2)CC1.I. The zero-order valence-corrected chi connectivity index (χ0v) is 19.9. The van der Waals surface area contributed by atoms with Crippen LogP contribution in [0, 0.1) is 0 Å². The lowest BCUT2D eigenvalue weighted by Crippen LogP contribution is -2.49. The molecular weight excluding hydrogens is 463 g/mol. The molecule has 1 heterocycles. The van der Waals surface area contributed by atoms with E-state index in [-0.39, 0.29) is 24.0 Å². The number of rotatable bonds is 8. The molecule has 28 heavy (non-hydrogen) atoms. The van der Waals surface area contributed by atoms with Gasteiger partial charge >= 0.3 is 0 Å². The van der Waals surface area contributed by atoms with Crippen molar-refractivity contribution in [2.75, 3.05) is 32.8 Å². The lowest BCUT2D eigenvalue weighted by atomic mass is 10.0. The highest BCUT2D eigenvalue weighted by Crippen LogP contribution is 2.29. The number of nitrogens with one attached hydrogen (secondary N) is 2. The topological polar surface area (TPSA) is 48.9 Å². The lowest BCUT2D eigenvalue weighted by Gasteiger charge is -2.33.